The van der Waals surface area contributed by atoms with Crippen molar-refractivity contribution in [2.75, 3.05) is 0 Å². The summed E-state index contributed by atoms with van der Waals surface area (Å²) in [6, 6.07) is 13.4. The fraction of sp³-hybridized carbons (Fsp3) is 0. The van der Waals surface area contributed by atoms with Crippen LogP contribution < -0.4 is 5.43 Å². The van der Waals surface area contributed by atoms with Crippen molar-refractivity contribution in [3.8, 4) is 11.3 Å². The van der Waals surface area contributed by atoms with Gasteiger partial charge in [-0.25, -0.2) is 10.2 Å². The largest absolute Gasteiger partial charge is 0.478 e. The van der Waals surface area contributed by atoms with E-state index in [1.807, 2.05) is 0 Å². The second kappa shape index (κ2) is 8.61. The van der Waals surface area contributed by atoms with Crippen molar-refractivity contribution in [3.63, 3.8) is 0 Å². The quantitative estimate of drug-likeness (QED) is 0.227. The molecule has 0 radical (unpaired) electrons. The Hall–Kier alpha value is -4.02. The smallest absolute Gasteiger partial charge is 0.335 e. The number of carboxylic acid groups (broad SMARTS) is 1. The van der Waals surface area contributed by atoms with Gasteiger partial charge in [0.05, 0.1) is 26.6 Å². The monoisotopic (exact) mass is 469 g/mol. The molecule has 32 heavy (non-hydrogen) atoms. The molecule has 0 fully saturated rings. The lowest BCUT2D eigenvalue weighted by molar-refractivity contribution is -0.384. The van der Waals surface area contributed by atoms with Crippen molar-refractivity contribution in [2.24, 2.45) is 5.10 Å². The Morgan fingerprint density at radius 3 is 2.72 bits per heavy atom. The molecule has 4 aromatic rings. The highest BCUT2D eigenvalue weighted by Gasteiger charge is 2.14. The van der Waals surface area contributed by atoms with Gasteiger partial charge in [-0.15, -0.1) is 11.3 Å². The van der Waals surface area contributed by atoms with E-state index in [1.54, 1.807) is 24.3 Å². The first kappa shape index (κ1) is 21.2. The summed E-state index contributed by atoms with van der Waals surface area (Å²) in [6.45, 7) is 0. The molecule has 11 heteroatoms. The zero-order valence-corrected chi connectivity index (χ0v) is 17.5. The van der Waals surface area contributed by atoms with Crippen molar-refractivity contribution in [1.29, 1.82) is 0 Å². The number of benzene rings is 2. The first-order valence-corrected chi connectivity index (χ1v) is 10.2. The number of carbonyl (C=O) groups excluding carboxylic acids is 1. The standard InChI is InChI=1S/C21H12ClN3O6S/c22-16-4-1-11(21(27)28)8-15(16)17-5-3-14(31-17)10-23-24-20(26)19-9-12-7-13(25(29)30)2-6-18(12)32-19/h1-10H,(H,24,26)(H,27,28). The predicted octanol–water partition coefficient (Wildman–Crippen LogP) is 5.19. The third-order valence-electron chi connectivity index (χ3n) is 4.40. The Labute approximate surface area is 188 Å². The fourth-order valence-corrected chi connectivity index (χ4v) is 4.02. The average Bonchev–Trinajstić information content (AvgIpc) is 3.40. The SMILES string of the molecule is O=C(O)c1ccc(Cl)c(-c2ccc(C=NNC(=O)c3cc4cc([N+](=O)[O-])ccc4s3)o2)c1. The van der Waals surface area contributed by atoms with E-state index >= 15 is 0 Å². The van der Waals surface area contributed by atoms with Gasteiger partial charge in [0.25, 0.3) is 11.6 Å². The molecule has 0 spiro atoms. The molecular formula is C21H12ClN3O6S. The molecule has 4 rings (SSSR count). The Morgan fingerprint density at radius 2 is 1.97 bits per heavy atom. The van der Waals surface area contributed by atoms with E-state index in [0.717, 1.165) is 4.70 Å². The number of nitrogens with one attached hydrogen (secondary N) is 1. The summed E-state index contributed by atoms with van der Waals surface area (Å²) in [4.78, 5) is 34.2. The lowest BCUT2D eigenvalue weighted by Crippen LogP contribution is -2.15. The minimum atomic E-state index is -1.09. The number of non-ortho nitro benzene ring substituents is 1. The van der Waals surface area contributed by atoms with Crippen molar-refractivity contribution < 1.29 is 24.0 Å². The number of rotatable bonds is 6. The number of nitro groups is 1. The molecule has 0 saturated carbocycles. The van der Waals surface area contributed by atoms with Gasteiger partial charge in [-0.2, -0.15) is 5.10 Å². The maximum absolute atomic E-state index is 12.3. The van der Waals surface area contributed by atoms with Crippen LogP contribution in [0, 0.1) is 10.1 Å². The minimum absolute atomic E-state index is 0.0529. The second-order valence-corrected chi connectivity index (χ2v) is 7.98. The molecule has 0 bridgehead atoms. The molecule has 0 aliphatic carbocycles. The zero-order valence-electron chi connectivity index (χ0n) is 15.9. The first-order valence-electron chi connectivity index (χ1n) is 8.96. The predicted molar refractivity (Wildman–Crippen MR) is 120 cm³/mol. The molecule has 9 nitrogen and oxygen atoms in total. The van der Waals surface area contributed by atoms with E-state index in [1.165, 1.54) is 47.9 Å². The van der Waals surface area contributed by atoms with Gasteiger partial charge in [-0.05, 0) is 42.5 Å². The molecule has 2 N–H and O–H groups in total. The van der Waals surface area contributed by atoms with Gasteiger partial charge in [-0.3, -0.25) is 14.9 Å². The van der Waals surface area contributed by atoms with E-state index in [-0.39, 0.29) is 11.3 Å². The van der Waals surface area contributed by atoms with Gasteiger partial charge in [0, 0.05) is 27.8 Å². The zero-order chi connectivity index (χ0) is 22.8. The Bertz CT molecular complexity index is 1410. The van der Waals surface area contributed by atoms with Crippen LogP contribution in [0.25, 0.3) is 21.4 Å². The number of carboxylic acids is 1. The molecule has 0 atom stereocenters. The number of hydrazone groups is 1. The van der Waals surface area contributed by atoms with Crippen LogP contribution in [0.4, 0.5) is 5.69 Å². The summed E-state index contributed by atoms with van der Waals surface area (Å²) in [6.07, 6.45) is 1.29. The van der Waals surface area contributed by atoms with Crippen LogP contribution in [0.5, 0.6) is 0 Å². The molecular weight excluding hydrogens is 458 g/mol. The molecule has 0 saturated heterocycles. The van der Waals surface area contributed by atoms with Crippen molar-refractivity contribution >= 4 is 56.8 Å². The van der Waals surface area contributed by atoms with Crippen LogP contribution in [-0.2, 0) is 0 Å². The van der Waals surface area contributed by atoms with Gasteiger partial charge in [0.15, 0.2) is 0 Å². The summed E-state index contributed by atoms with van der Waals surface area (Å²) in [5.41, 5.74) is 2.80. The number of hydrogen-bond acceptors (Lipinski definition) is 7. The topological polar surface area (TPSA) is 135 Å². The van der Waals surface area contributed by atoms with E-state index in [9.17, 15) is 19.7 Å². The molecule has 2 heterocycles. The second-order valence-electron chi connectivity index (χ2n) is 6.49. The molecule has 160 valence electrons. The number of nitrogens with zero attached hydrogens (tertiary/aromatic N) is 2. The maximum atomic E-state index is 12.3. The number of furan rings is 1. The highest BCUT2D eigenvalue weighted by molar-refractivity contribution is 7.20. The summed E-state index contributed by atoms with van der Waals surface area (Å²) >= 11 is 7.32. The maximum Gasteiger partial charge on any atom is 0.335 e. The molecule has 1 amide bonds. The van der Waals surface area contributed by atoms with Gasteiger partial charge >= 0.3 is 5.97 Å². The van der Waals surface area contributed by atoms with E-state index < -0.39 is 16.8 Å². The summed E-state index contributed by atoms with van der Waals surface area (Å²) in [7, 11) is 0. The summed E-state index contributed by atoms with van der Waals surface area (Å²) in [5.74, 6) is -0.912. The number of hydrogen-bond donors (Lipinski definition) is 2. The van der Waals surface area contributed by atoms with Gasteiger partial charge in [0.1, 0.15) is 11.5 Å². The Kier molecular flexibility index (Phi) is 5.71. The Morgan fingerprint density at radius 1 is 1.16 bits per heavy atom. The normalized spacial score (nSPS) is 11.2. The summed E-state index contributed by atoms with van der Waals surface area (Å²) in [5, 5.41) is 24.8. The van der Waals surface area contributed by atoms with Crippen LogP contribution in [-0.4, -0.2) is 28.1 Å². The third kappa shape index (κ3) is 4.36. The Balaban J connectivity index is 1.47. The van der Waals surface area contributed by atoms with Gasteiger partial charge in [-0.1, -0.05) is 11.6 Å². The van der Waals surface area contributed by atoms with Crippen LogP contribution >= 0.6 is 22.9 Å². The number of fused-ring (bicyclic) bond motifs is 1. The van der Waals surface area contributed by atoms with E-state index in [4.69, 9.17) is 21.1 Å². The van der Waals surface area contributed by atoms with Crippen molar-refractivity contribution in [2.45, 2.75) is 0 Å². The van der Waals surface area contributed by atoms with Gasteiger partial charge in [0.2, 0.25) is 0 Å². The van der Waals surface area contributed by atoms with Crippen LogP contribution in [0.3, 0.4) is 0 Å². The van der Waals surface area contributed by atoms with Crippen LogP contribution in [0.1, 0.15) is 25.8 Å². The first-order chi connectivity index (χ1) is 15.3. The fourth-order valence-electron chi connectivity index (χ4n) is 2.88. The number of amides is 1. The van der Waals surface area contributed by atoms with Crippen LogP contribution in [0.15, 0.2) is 64.1 Å². The number of aromatic carboxylic acids is 1. The molecule has 0 aliphatic heterocycles. The molecule has 0 aliphatic rings. The number of nitro benzene ring substituents is 1. The lowest BCUT2D eigenvalue weighted by Gasteiger charge is -2.02. The lowest BCUT2D eigenvalue weighted by atomic mass is 10.1. The highest BCUT2D eigenvalue weighted by Crippen LogP contribution is 2.31. The van der Waals surface area contributed by atoms with Crippen molar-refractivity contribution in [1.82, 2.24) is 5.43 Å². The molecule has 0 unspecified atom stereocenters. The summed E-state index contributed by atoms with van der Waals surface area (Å²) < 4.78 is 6.35. The number of thiophene rings is 1. The van der Waals surface area contributed by atoms with Crippen molar-refractivity contribution in [3.05, 3.63) is 85.9 Å². The van der Waals surface area contributed by atoms with E-state index in [0.29, 0.717) is 32.4 Å². The highest BCUT2D eigenvalue weighted by atomic mass is 35.5. The number of carbonyl (C=O) groups is 2. The van der Waals surface area contributed by atoms with Gasteiger partial charge < -0.3 is 9.52 Å². The number of halogens is 1. The average molecular weight is 470 g/mol. The minimum Gasteiger partial charge on any atom is -0.478 e. The van der Waals surface area contributed by atoms with Crippen LogP contribution in [0.2, 0.25) is 5.02 Å². The molecule has 2 aromatic heterocycles. The van der Waals surface area contributed by atoms with E-state index in [2.05, 4.69) is 10.5 Å². The molecule has 2 aromatic carbocycles. The third-order valence-corrected chi connectivity index (χ3v) is 5.84.